The topological polar surface area (TPSA) is 78.8 Å². The highest BCUT2D eigenvalue weighted by molar-refractivity contribution is 7.90. The fourth-order valence-electron chi connectivity index (χ4n) is 4.05. The number of rotatable bonds is 7. The van der Waals surface area contributed by atoms with E-state index in [1.807, 2.05) is 23.1 Å². The van der Waals surface area contributed by atoms with Gasteiger partial charge in [0.2, 0.25) is 5.91 Å². The number of carbonyl (C=O) groups excluding carboxylic acids is 1. The molecule has 4 rings (SSSR count). The zero-order valence-electron chi connectivity index (χ0n) is 17.1. The van der Waals surface area contributed by atoms with Crippen molar-refractivity contribution in [1.29, 1.82) is 0 Å². The average Bonchev–Trinajstić information content (AvgIpc) is 2.99. The molecule has 6 nitrogen and oxygen atoms in total. The molecule has 0 spiro atoms. The van der Waals surface area contributed by atoms with Gasteiger partial charge in [0.1, 0.15) is 11.9 Å². The van der Waals surface area contributed by atoms with Crippen LogP contribution in [-0.4, -0.2) is 43.7 Å². The van der Waals surface area contributed by atoms with Crippen LogP contribution in [-0.2, 0) is 21.2 Å². The zero-order chi connectivity index (χ0) is 21.1. The third-order valence-electron chi connectivity index (χ3n) is 5.81. The fraction of sp³-hybridized carbons (Fsp3) is 0.391. The van der Waals surface area contributed by atoms with Gasteiger partial charge < -0.3 is 4.90 Å². The molecule has 2 aromatic rings. The average molecular weight is 426 g/mol. The van der Waals surface area contributed by atoms with E-state index in [0.29, 0.717) is 12.0 Å². The molecule has 2 aliphatic heterocycles. The van der Waals surface area contributed by atoms with Gasteiger partial charge >= 0.3 is 0 Å². The molecular weight excluding hydrogens is 398 g/mol. The predicted molar refractivity (Wildman–Crippen MR) is 117 cm³/mol. The number of sulfonamides is 1. The maximum absolute atomic E-state index is 13.3. The molecule has 0 unspecified atom stereocenters. The number of hydrogen-bond acceptors (Lipinski definition) is 4. The molecule has 1 amide bonds. The molecule has 1 fully saturated rings. The predicted octanol–water partition coefficient (Wildman–Crippen LogP) is 3.13. The molecule has 0 radical (unpaired) electrons. The Balaban J connectivity index is 1.56. The monoisotopic (exact) mass is 425 g/mol. The maximum Gasteiger partial charge on any atom is 0.263 e. The van der Waals surface area contributed by atoms with E-state index in [0.717, 1.165) is 32.2 Å². The molecule has 0 bridgehead atoms. The maximum atomic E-state index is 13.3. The largest absolute Gasteiger partial charge is 0.337 e. The van der Waals surface area contributed by atoms with Crippen LogP contribution in [0, 0.1) is 0 Å². The summed E-state index contributed by atoms with van der Waals surface area (Å²) in [6.45, 7) is 2.80. The summed E-state index contributed by atoms with van der Waals surface area (Å²) >= 11 is 0. The highest BCUT2D eigenvalue weighted by Crippen LogP contribution is 2.26. The molecule has 158 valence electrons. The second-order valence-corrected chi connectivity index (χ2v) is 9.55. The minimum absolute atomic E-state index is 0.00768. The van der Waals surface area contributed by atoms with Gasteiger partial charge in [-0.2, -0.15) is 0 Å². The molecule has 1 saturated heterocycles. The molecule has 0 saturated carbocycles. The summed E-state index contributed by atoms with van der Waals surface area (Å²) < 4.78 is 27.3. The van der Waals surface area contributed by atoms with Gasteiger partial charge in [-0.15, -0.1) is 0 Å². The van der Waals surface area contributed by atoms with Gasteiger partial charge in [-0.3, -0.25) is 14.5 Å². The minimum atomic E-state index is -3.62. The van der Waals surface area contributed by atoms with Crippen LogP contribution >= 0.6 is 0 Å². The summed E-state index contributed by atoms with van der Waals surface area (Å²) in [4.78, 5) is 20.1. The molecule has 1 N–H and O–H groups in total. The third-order valence-corrected chi connectivity index (χ3v) is 7.20. The van der Waals surface area contributed by atoms with E-state index in [1.165, 1.54) is 5.56 Å². The summed E-state index contributed by atoms with van der Waals surface area (Å²) in [6, 6.07) is 16.6. The lowest BCUT2D eigenvalue weighted by atomic mass is 9.93. The Kier molecular flexibility index (Phi) is 5.90. The first-order valence-electron chi connectivity index (χ1n) is 10.5. The fourth-order valence-corrected chi connectivity index (χ4v) is 5.29. The van der Waals surface area contributed by atoms with E-state index in [-0.39, 0.29) is 22.7 Å². The van der Waals surface area contributed by atoms with Crippen LogP contribution in [0.1, 0.15) is 43.7 Å². The van der Waals surface area contributed by atoms with Crippen LogP contribution < -0.4 is 4.72 Å². The van der Waals surface area contributed by atoms with Crippen molar-refractivity contribution in [2.75, 3.05) is 6.54 Å². The van der Waals surface area contributed by atoms with Gasteiger partial charge in [0.25, 0.3) is 10.0 Å². The number of amides is 1. The van der Waals surface area contributed by atoms with Crippen molar-refractivity contribution in [1.82, 2.24) is 9.62 Å². The summed E-state index contributed by atoms with van der Waals surface area (Å²) in [5.74, 6) is 0.270. The van der Waals surface area contributed by atoms with Crippen molar-refractivity contribution in [2.45, 2.75) is 56.0 Å². The van der Waals surface area contributed by atoms with Gasteiger partial charge in [-0.25, -0.2) is 8.42 Å². The molecule has 2 aromatic carbocycles. The molecule has 2 aliphatic rings. The van der Waals surface area contributed by atoms with E-state index < -0.39 is 16.1 Å². The second kappa shape index (κ2) is 8.60. The van der Waals surface area contributed by atoms with Crippen LogP contribution in [0.25, 0.3) is 0 Å². The lowest BCUT2D eigenvalue weighted by Gasteiger charge is -2.42. The quantitative estimate of drug-likeness (QED) is 0.740. The number of nitrogens with zero attached hydrogens (tertiary/aromatic N) is 2. The van der Waals surface area contributed by atoms with Gasteiger partial charge in [0, 0.05) is 18.2 Å². The molecule has 0 aromatic heterocycles. The lowest BCUT2D eigenvalue weighted by molar-refractivity contribution is -0.140. The van der Waals surface area contributed by atoms with E-state index >= 15 is 0 Å². The number of unbranched alkanes of at least 4 members (excludes halogenated alkanes) is 1. The van der Waals surface area contributed by atoms with E-state index in [4.69, 9.17) is 0 Å². The molecule has 2 heterocycles. The SMILES string of the molecule is CCCC[C@H](N=C1NS(=O)(=O)c2ccccc21)C(=O)N1CC[C@@H]1Cc1ccccc1. The summed E-state index contributed by atoms with van der Waals surface area (Å²) in [5.41, 5.74) is 1.75. The highest BCUT2D eigenvalue weighted by Gasteiger charge is 2.37. The van der Waals surface area contributed by atoms with Gasteiger partial charge in [-0.1, -0.05) is 62.2 Å². The summed E-state index contributed by atoms with van der Waals surface area (Å²) in [7, 11) is -3.62. The first-order valence-corrected chi connectivity index (χ1v) is 12.0. The Morgan fingerprint density at radius 3 is 2.60 bits per heavy atom. The van der Waals surface area contributed by atoms with Crippen LogP contribution in [0.5, 0.6) is 0 Å². The molecule has 2 atom stereocenters. The Labute approximate surface area is 178 Å². The highest BCUT2D eigenvalue weighted by atomic mass is 32.2. The Hall–Kier alpha value is -2.67. The standard InChI is InChI=1S/C23H27N3O3S/c1-2-3-12-20(24-22-19-11-7-8-13-21(19)30(28,29)25-22)23(27)26-15-14-18(26)16-17-9-5-4-6-10-17/h4-11,13,18,20H,2-3,12,14-16H2,1H3,(H,24,25)/t18-,20+/m1/s1. The van der Waals surface area contributed by atoms with Crippen molar-refractivity contribution in [3.63, 3.8) is 0 Å². The van der Waals surface area contributed by atoms with E-state index in [1.54, 1.807) is 24.3 Å². The number of likely N-dealkylation sites (tertiary alicyclic amines) is 1. The van der Waals surface area contributed by atoms with Crippen LogP contribution in [0.2, 0.25) is 0 Å². The number of amidine groups is 1. The van der Waals surface area contributed by atoms with Crippen LogP contribution in [0.3, 0.4) is 0 Å². The molecule has 0 aliphatic carbocycles. The van der Waals surface area contributed by atoms with Crippen molar-refractivity contribution in [3.05, 3.63) is 65.7 Å². The molecule has 30 heavy (non-hydrogen) atoms. The number of aliphatic imine (C=N–C) groups is 1. The first kappa shape index (κ1) is 20.6. The van der Waals surface area contributed by atoms with Crippen molar-refractivity contribution in [3.8, 4) is 0 Å². The van der Waals surface area contributed by atoms with Crippen molar-refractivity contribution >= 4 is 21.8 Å². The van der Waals surface area contributed by atoms with Gasteiger partial charge in [-0.05, 0) is 37.0 Å². The number of carbonyl (C=O) groups is 1. The number of benzene rings is 2. The van der Waals surface area contributed by atoms with E-state index in [2.05, 4.69) is 28.8 Å². The summed E-state index contributed by atoms with van der Waals surface area (Å²) in [5, 5.41) is 0. The van der Waals surface area contributed by atoms with E-state index in [9.17, 15) is 13.2 Å². The molecular formula is C23H27N3O3S. The minimum Gasteiger partial charge on any atom is -0.337 e. The normalized spacial score (nSPS) is 21.6. The Morgan fingerprint density at radius 2 is 1.90 bits per heavy atom. The van der Waals surface area contributed by atoms with Crippen LogP contribution in [0.15, 0.2) is 64.5 Å². The number of hydrogen-bond donors (Lipinski definition) is 1. The van der Waals surface area contributed by atoms with Crippen molar-refractivity contribution in [2.24, 2.45) is 4.99 Å². The van der Waals surface area contributed by atoms with Gasteiger partial charge in [0.05, 0.1) is 4.90 Å². The second-order valence-electron chi connectivity index (χ2n) is 7.90. The summed E-state index contributed by atoms with van der Waals surface area (Å²) in [6.07, 6.45) is 4.23. The van der Waals surface area contributed by atoms with Gasteiger partial charge in [0.15, 0.2) is 0 Å². The lowest BCUT2D eigenvalue weighted by Crippen LogP contribution is -2.55. The Bertz CT molecular complexity index is 1050. The van der Waals surface area contributed by atoms with Crippen LogP contribution in [0.4, 0.5) is 0 Å². The van der Waals surface area contributed by atoms with Crippen molar-refractivity contribution < 1.29 is 13.2 Å². The smallest absolute Gasteiger partial charge is 0.263 e. The number of fused-ring (bicyclic) bond motifs is 1. The Morgan fingerprint density at radius 1 is 1.17 bits per heavy atom. The third kappa shape index (κ3) is 4.12. The first-order chi connectivity index (χ1) is 14.5. The molecule has 7 heteroatoms. The zero-order valence-corrected chi connectivity index (χ0v) is 17.9. The number of nitrogens with one attached hydrogen (secondary N) is 1.